The minimum Gasteiger partial charge on any atom is -0.454 e. The maximum atomic E-state index is 13.5. The van der Waals surface area contributed by atoms with Crippen LogP contribution >= 0.6 is 0 Å². The van der Waals surface area contributed by atoms with Crippen LogP contribution in [0.1, 0.15) is 335 Å². The number of hydrogen-bond acceptors (Lipinski definition) is 10. The van der Waals surface area contributed by atoms with Gasteiger partial charge in [-0.25, -0.2) is 0 Å². The Morgan fingerprint density at radius 2 is 0.793 bits per heavy atom. The number of carbonyl (C=O) groups is 2. The summed E-state index contributed by atoms with van der Waals surface area (Å²) in [7, 11) is 0. The lowest BCUT2D eigenvalue weighted by Crippen LogP contribution is -2.61. The van der Waals surface area contributed by atoms with Crippen molar-refractivity contribution in [2.45, 2.75) is 384 Å². The third kappa shape index (κ3) is 50.4. The molecule has 0 aromatic heterocycles. The molecule has 1 amide bonds. The van der Waals surface area contributed by atoms with Gasteiger partial charge in [-0.1, -0.05) is 306 Å². The van der Waals surface area contributed by atoms with Crippen LogP contribution in [0.2, 0.25) is 0 Å². The Kier molecular flexibility index (Phi) is 59.7. The molecule has 1 fully saturated rings. The molecule has 8 atom stereocenters. The van der Waals surface area contributed by atoms with Crippen molar-refractivity contribution in [1.29, 1.82) is 0 Å². The Bertz CT molecular complexity index is 1690. The second-order valence-electron chi connectivity index (χ2n) is 25.3. The number of aliphatic hydroxyl groups is 5. The molecule has 0 radical (unpaired) electrons. The van der Waals surface area contributed by atoms with Gasteiger partial charge in [0.2, 0.25) is 5.91 Å². The predicted octanol–water partition coefficient (Wildman–Crippen LogP) is 19.1. The van der Waals surface area contributed by atoms with Gasteiger partial charge in [-0.05, 0) is 96.3 Å². The highest BCUT2D eigenvalue weighted by Gasteiger charge is 2.47. The van der Waals surface area contributed by atoms with Crippen molar-refractivity contribution in [2.75, 3.05) is 13.2 Å². The molecule has 11 nitrogen and oxygen atoms in total. The van der Waals surface area contributed by atoms with Crippen LogP contribution in [0.15, 0.2) is 72.9 Å². The highest BCUT2D eigenvalue weighted by atomic mass is 16.7. The first-order valence-electron chi connectivity index (χ1n) is 36.7. The molecular formula is C76H137NO10. The number of hydrogen-bond donors (Lipinski definition) is 6. The van der Waals surface area contributed by atoms with Crippen LogP contribution < -0.4 is 5.32 Å². The van der Waals surface area contributed by atoms with Gasteiger partial charge >= 0.3 is 5.97 Å². The SMILES string of the molecule is CCCCC/C=C\C/C=C\C/C=C\C/C=C\CCCCCCCCCCCCCC(=O)OC1C(OCC(NC(=O)C(O)CCCCCCCCCCCC/C=C/CCCCCCCC)C(O)/C=C/CCCCCCCCCCC)OC(CO)C(O)C1O. The molecule has 1 heterocycles. The van der Waals surface area contributed by atoms with Crippen molar-refractivity contribution >= 4 is 11.9 Å². The molecule has 0 saturated carbocycles. The van der Waals surface area contributed by atoms with E-state index in [9.17, 15) is 35.1 Å². The zero-order valence-corrected chi connectivity index (χ0v) is 56.4. The largest absolute Gasteiger partial charge is 0.454 e. The van der Waals surface area contributed by atoms with Crippen molar-refractivity contribution in [3.63, 3.8) is 0 Å². The molecule has 0 aromatic rings. The van der Waals surface area contributed by atoms with Gasteiger partial charge in [0.05, 0.1) is 25.4 Å². The molecule has 0 aromatic carbocycles. The lowest BCUT2D eigenvalue weighted by molar-refractivity contribution is -0.305. The van der Waals surface area contributed by atoms with Crippen molar-refractivity contribution < 1.29 is 49.3 Å². The summed E-state index contributed by atoms with van der Waals surface area (Å²) >= 11 is 0. The number of aliphatic hydroxyl groups excluding tert-OH is 5. The van der Waals surface area contributed by atoms with Gasteiger partial charge in [-0.2, -0.15) is 0 Å². The third-order valence-corrected chi connectivity index (χ3v) is 17.1. The second-order valence-corrected chi connectivity index (χ2v) is 25.3. The van der Waals surface area contributed by atoms with Crippen LogP contribution in [0, 0.1) is 0 Å². The van der Waals surface area contributed by atoms with Crippen LogP contribution in [-0.2, 0) is 23.8 Å². The lowest BCUT2D eigenvalue weighted by Gasteiger charge is -2.41. The van der Waals surface area contributed by atoms with E-state index < -0.39 is 67.4 Å². The average Bonchev–Trinajstić information content (AvgIpc) is 2.93. The molecule has 1 aliphatic rings. The number of allylic oxidation sites excluding steroid dienone is 11. The zero-order chi connectivity index (χ0) is 63.1. The number of rotatable bonds is 63. The smallest absolute Gasteiger partial charge is 0.306 e. The van der Waals surface area contributed by atoms with Crippen molar-refractivity contribution in [2.24, 2.45) is 0 Å². The third-order valence-electron chi connectivity index (χ3n) is 17.1. The van der Waals surface area contributed by atoms with Gasteiger partial charge in [-0.3, -0.25) is 9.59 Å². The summed E-state index contributed by atoms with van der Waals surface area (Å²) in [5.74, 6) is -1.19. The molecule has 0 spiro atoms. The lowest BCUT2D eigenvalue weighted by atomic mass is 9.99. The van der Waals surface area contributed by atoms with Gasteiger partial charge in [0, 0.05) is 6.42 Å². The minimum atomic E-state index is -1.62. The Hall–Kier alpha value is -2.90. The summed E-state index contributed by atoms with van der Waals surface area (Å²) in [4.78, 5) is 26.7. The first-order valence-corrected chi connectivity index (χ1v) is 36.7. The zero-order valence-electron chi connectivity index (χ0n) is 56.4. The first kappa shape index (κ1) is 82.1. The summed E-state index contributed by atoms with van der Waals surface area (Å²) in [6.07, 6.45) is 72.3. The maximum Gasteiger partial charge on any atom is 0.306 e. The fourth-order valence-electron chi connectivity index (χ4n) is 11.3. The fourth-order valence-corrected chi connectivity index (χ4v) is 11.3. The molecular weight excluding hydrogens is 1090 g/mol. The molecule has 1 saturated heterocycles. The minimum absolute atomic E-state index is 0.118. The monoisotopic (exact) mass is 1220 g/mol. The number of ether oxygens (including phenoxy) is 3. The number of amides is 1. The van der Waals surface area contributed by atoms with Gasteiger partial charge in [0.1, 0.15) is 24.4 Å². The molecule has 1 aliphatic heterocycles. The van der Waals surface area contributed by atoms with Crippen LogP contribution in [-0.4, -0.2) is 99.6 Å². The van der Waals surface area contributed by atoms with E-state index in [4.69, 9.17) is 14.2 Å². The van der Waals surface area contributed by atoms with Gasteiger partial charge < -0.3 is 45.1 Å². The van der Waals surface area contributed by atoms with E-state index in [1.807, 2.05) is 6.08 Å². The molecule has 6 N–H and O–H groups in total. The van der Waals surface area contributed by atoms with E-state index >= 15 is 0 Å². The summed E-state index contributed by atoms with van der Waals surface area (Å²) in [5, 5.41) is 57.2. The normalized spacial score (nSPS) is 18.6. The molecule has 87 heavy (non-hydrogen) atoms. The van der Waals surface area contributed by atoms with Gasteiger partial charge in [-0.15, -0.1) is 0 Å². The second kappa shape index (κ2) is 63.3. The fraction of sp³-hybridized carbons (Fsp3) is 0.816. The number of esters is 1. The Morgan fingerprint density at radius 1 is 0.448 bits per heavy atom. The highest BCUT2D eigenvalue weighted by molar-refractivity contribution is 5.80. The van der Waals surface area contributed by atoms with Crippen LogP contribution in [0.5, 0.6) is 0 Å². The quantitative estimate of drug-likeness (QED) is 0.0195. The van der Waals surface area contributed by atoms with Crippen LogP contribution in [0.4, 0.5) is 0 Å². The number of unbranched alkanes of at least 4 members (excludes halogenated alkanes) is 39. The maximum absolute atomic E-state index is 13.5. The summed E-state index contributed by atoms with van der Waals surface area (Å²) in [6.45, 7) is 5.79. The van der Waals surface area contributed by atoms with Crippen LogP contribution in [0.3, 0.4) is 0 Å². The van der Waals surface area contributed by atoms with Crippen molar-refractivity contribution in [1.82, 2.24) is 5.32 Å². The van der Waals surface area contributed by atoms with Gasteiger partial charge in [0.15, 0.2) is 12.4 Å². The van der Waals surface area contributed by atoms with Gasteiger partial charge in [0.25, 0.3) is 0 Å². The van der Waals surface area contributed by atoms with E-state index in [1.165, 1.54) is 205 Å². The Labute approximate surface area is 534 Å². The van der Waals surface area contributed by atoms with E-state index in [-0.39, 0.29) is 13.0 Å². The van der Waals surface area contributed by atoms with E-state index in [0.717, 1.165) is 83.5 Å². The highest BCUT2D eigenvalue weighted by Crippen LogP contribution is 2.26. The Balaban J connectivity index is 2.53. The summed E-state index contributed by atoms with van der Waals surface area (Å²) in [5.41, 5.74) is 0. The first-order chi connectivity index (χ1) is 42.7. The van der Waals surface area contributed by atoms with E-state index in [0.29, 0.717) is 19.3 Å². The summed E-state index contributed by atoms with van der Waals surface area (Å²) < 4.78 is 17.7. The van der Waals surface area contributed by atoms with E-state index in [2.05, 4.69) is 86.8 Å². The average molecular weight is 1220 g/mol. The molecule has 8 unspecified atom stereocenters. The summed E-state index contributed by atoms with van der Waals surface area (Å²) in [6, 6.07) is -1.03. The standard InChI is InChI=1S/C76H137NO10/c1-4-7-10-13-16-19-22-24-26-28-30-32-33-34-35-36-37-38-40-42-44-46-49-52-55-58-61-64-71(81)87-74-73(83)72(82)70(65-78)86-76(74)85-66-67(68(79)62-59-56-53-50-47-21-18-15-12-9-6-3)77-75(84)69(80)63-60-57-54-51-48-45-43-41-39-31-29-27-25-23-20-17-14-11-8-5-2/h16,19,24-27,30,32,34-35,59,62,67-70,72-74,76,78-80,82-83H,4-15,17-18,20-23,28-29,31,33,36-58,60-61,63-66H2,1-3H3,(H,77,84)/b19-16-,26-24-,27-25+,32-30-,35-34-,62-59+. The molecule has 1 rings (SSSR count). The van der Waals surface area contributed by atoms with Crippen LogP contribution in [0.25, 0.3) is 0 Å². The number of nitrogens with one attached hydrogen (secondary N) is 1. The predicted molar refractivity (Wildman–Crippen MR) is 366 cm³/mol. The van der Waals surface area contributed by atoms with Crippen molar-refractivity contribution in [3.05, 3.63) is 72.9 Å². The number of carbonyl (C=O) groups excluding carboxylic acids is 2. The molecule has 0 bridgehead atoms. The van der Waals surface area contributed by atoms with E-state index in [1.54, 1.807) is 6.08 Å². The topological polar surface area (TPSA) is 175 Å². The Morgan fingerprint density at radius 3 is 1.22 bits per heavy atom. The van der Waals surface area contributed by atoms with Crippen molar-refractivity contribution in [3.8, 4) is 0 Å². The molecule has 506 valence electrons. The molecule has 0 aliphatic carbocycles. The molecule has 11 heteroatoms.